The zero-order chi connectivity index (χ0) is 23.9. The Labute approximate surface area is 201 Å². The first-order valence-electron chi connectivity index (χ1n) is 10.5. The second-order valence-electron chi connectivity index (χ2n) is 7.31. The van der Waals surface area contributed by atoms with Crippen molar-refractivity contribution in [1.82, 2.24) is 9.55 Å². The number of ether oxygens (including phenoxy) is 2. The van der Waals surface area contributed by atoms with E-state index in [1.54, 1.807) is 62.8 Å². The Morgan fingerprint density at radius 3 is 1.97 bits per heavy atom. The van der Waals surface area contributed by atoms with E-state index >= 15 is 0 Å². The van der Waals surface area contributed by atoms with Gasteiger partial charge in [0.25, 0.3) is 0 Å². The molecule has 3 aromatic carbocycles. The summed E-state index contributed by atoms with van der Waals surface area (Å²) in [5, 5.41) is 6.34. The Hall–Kier alpha value is -3.98. The van der Waals surface area contributed by atoms with Crippen LogP contribution in [0.2, 0.25) is 0 Å². The molecule has 0 saturated heterocycles. The zero-order valence-electron chi connectivity index (χ0n) is 18.8. The van der Waals surface area contributed by atoms with Gasteiger partial charge in [-0.3, -0.25) is 9.59 Å². The molecule has 174 valence electrons. The largest absolute Gasteiger partial charge is 0.497 e. The number of nitrogens with zero attached hydrogens (tertiary/aromatic N) is 2. The van der Waals surface area contributed by atoms with E-state index in [1.807, 2.05) is 28.8 Å². The molecule has 8 nitrogen and oxygen atoms in total. The van der Waals surface area contributed by atoms with Crippen molar-refractivity contribution in [2.75, 3.05) is 30.6 Å². The minimum Gasteiger partial charge on any atom is -0.497 e. The fourth-order valence-electron chi connectivity index (χ4n) is 3.34. The van der Waals surface area contributed by atoms with E-state index in [-0.39, 0.29) is 24.1 Å². The van der Waals surface area contributed by atoms with Gasteiger partial charge in [-0.15, -0.1) is 0 Å². The van der Waals surface area contributed by atoms with Crippen molar-refractivity contribution < 1.29 is 19.1 Å². The average molecular weight is 477 g/mol. The summed E-state index contributed by atoms with van der Waals surface area (Å²) >= 11 is 1.28. The summed E-state index contributed by atoms with van der Waals surface area (Å²) in [6, 6.07) is 21.8. The molecular weight excluding hydrogens is 452 g/mol. The molecule has 4 aromatic rings. The van der Waals surface area contributed by atoms with Crippen molar-refractivity contribution in [3.8, 4) is 11.5 Å². The number of aromatic nitrogens is 2. The normalized spacial score (nSPS) is 10.6. The molecule has 0 unspecified atom stereocenters. The van der Waals surface area contributed by atoms with E-state index in [1.165, 1.54) is 11.8 Å². The Morgan fingerprint density at radius 1 is 0.824 bits per heavy atom. The van der Waals surface area contributed by atoms with Crippen LogP contribution in [0.3, 0.4) is 0 Å². The van der Waals surface area contributed by atoms with E-state index < -0.39 is 0 Å². The fraction of sp³-hybridized carbons (Fsp3) is 0.160. The lowest BCUT2D eigenvalue weighted by Gasteiger charge is -2.10. The third-order valence-corrected chi connectivity index (χ3v) is 5.98. The number of rotatable bonds is 9. The summed E-state index contributed by atoms with van der Waals surface area (Å²) in [7, 11) is 3.18. The van der Waals surface area contributed by atoms with Crippen LogP contribution in [-0.4, -0.2) is 41.3 Å². The summed E-state index contributed by atoms with van der Waals surface area (Å²) in [5.74, 6) is 1.21. The number of thioether (sulfide) groups is 1. The van der Waals surface area contributed by atoms with Gasteiger partial charge in [0.15, 0.2) is 5.16 Å². The first-order chi connectivity index (χ1) is 16.6. The smallest absolute Gasteiger partial charge is 0.244 e. The maximum atomic E-state index is 12.8. The lowest BCUT2D eigenvalue weighted by Crippen LogP contribution is -2.20. The number of hydrogen-bond donors (Lipinski definition) is 2. The van der Waals surface area contributed by atoms with Crippen molar-refractivity contribution in [3.63, 3.8) is 0 Å². The fourth-order valence-corrected chi connectivity index (χ4v) is 4.15. The highest BCUT2D eigenvalue weighted by atomic mass is 32.2. The third-order valence-electron chi connectivity index (χ3n) is 5.00. The van der Waals surface area contributed by atoms with Crippen molar-refractivity contribution in [1.29, 1.82) is 0 Å². The van der Waals surface area contributed by atoms with Gasteiger partial charge in [0.2, 0.25) is 11.8 Å². The molecule has 2 N–H and O–H groups in total. The molecule has 0 bridgehead atoms. The highest BCUT2D eigenvalue weighted by molar-refractivity contribution is 7.99. The van der Waals surface area contributed by atoms with E-state index in [9.17, 15) is 9.59 Å². The monoisotopic (exact) mass is 476 g/mol. The standard InChI is InChI=1S/C25H24N4O4S/c1-32-19-11-7-17(8-12-19)26-23(30)15-29-22-6-4-3-5-21(22)28-25(29)34-16-24(31)27-18-9-13-20(33-2)14-10-18/h3-14H,15-16H2,1-2H3,(H,26,30)(H,27,31). The molecule has 0 saturated carbocycles. The lowest BCUT2D eigenvalue weighted by molar-refractivity contribution is -0.117. The number of para-hydroxylation sites is 2. The van der Waals surface area contributed by atoms with Gasteiger partial charge in [0.1, 0.15) is 18.0 Å². The molecule has 2 amide bonds. The number of nitrogens with one attached hydrogen (secondary N) is 2. The molecule has 0 spiro atoms. The molecular formula is C25H24N4O4S. The summed E-state index contributed by atoms with van der Waals surface area (Å²) in [6.07, 6.45) is 0. The highest BCUT2D eigenvalue weighted by Gasteiger charge is 2.16. The number of carbonyl (C=O) groups excluding carboxylic acids is 2. The first kappa shape index (κ1) is 23.2. The van der Waals surface area contributed by atoms with Crippen LogP contribution in [0.4, 0.5) is 11.4 Å². The van der Waals surface area contributed by atoms with Crippen molar-refractivity contribution in [3.05, 3.63) is 72.8 Å². The molecule has 4 rings (SSSR count). The second-order valence-corrected chi connectivity index (χ2v) is 8.25. The Morgan fingerprint density at radius 2 is 1.38 bits per heavy atom. The van der Waals surface area contributed by atoms with E-state index in [0.717, 1.165) is 11.0 Å². The molecule has 1 heterocycles. The van der Waals surface area contributed by atoms with Crippen LogP contribution in [0.25, 0.3) is 11.0 Å². The molecule has 9 heteroatoms. The predicted octanol–water partition coefficient (Wildman–Crippen LogP) is 4.42. The summed E-state index contributed by atoms with van der Waals surface area (Å²) in [5.41, 5.74) is 2.94. The lowest BCUT2D eigenvalue weighted by atomic mass is 10.3. The number of methoxy groups -OCH3 is 2. The van der Waals surface area contributed by atoms with Crippen LogP contribution < -0.4 is 20.1 Å². The molecule has 0 aliphatic carbocycles. The molecule has 0 fully saturated rings. The Balaban J connectivity index is 1.44. The van der Waals surface area contributed by atoms with Gasteiger partial charge in [-0.05, 0) is 60.7 Å². The second kappa shape index (κ2) is 10.8. The van der Waals surface area contributed by atoms with Gasteiger partial charge in [-0.1, -0.05) is 23.9 Å². The van der Waals surface area contributed by atoms with Gasteiger partial charge in [0, 0.05) is 11.4 Å². The Bertz CT molecular complexity index is 1290. The first-order valence-corrected chi connectivity index (χ1v) is 11.5. The molecule has 1 aromatic heterocycles. The number of hydrogen-bond acceptors (Lipinski definition) is 6. The van der Waals surface area contributed by atoms with Gasteiger partial charge in [-0.25, -0.2) is 4.98 Å². The van der Waals surface area contributed by atoms with E-state index in [4.69, 9.17) is 9.47 Å². The van der Waals surface area contributed by atoms with Crippen molar-refractivity contribution >= 4 is 46.0 Å². The van der Waals surface area contributed by atoms with Crippen LogP contribution in [0.5, 0.6) is 11.5 Å². The van der Waals surface area contributed by atoms with Crippen LogP contribution >= 0.6 is 11.8 Å². The van der Waals surface area contributed by atoms with Gasteiger partial charge in [0.05, 0.1) is 31.0 Å². The molecule has 34 heavy (non-hydrogen) atoms. The van der Waals surface area contributed by atoms with Crippen LogP contribution in [0.15, 0.2) is 78.0 Å². The quantitative estimate of drug-likeness (QED) is 0.347. The van der Waals surface area contributed by atoms with E-state index in [2.05, 4.69) is 15.6 Å². The van der Waals surface area contributed by atoms with Crippen molar-refractivity contribution in [2.45, 2.75) is 11.7 Å². The topological polar surface area (TPSA) is 94.5 Å². The number of amides is 2. The van der Waals surface area contributed by atoms with Gasteiger partial charge < -0.3 is 24.7 Å². The average Bonchev–Trinajstić information content (AvgIpc) is 3.21. The molecule has 0 radical (unpaired) electrons. The van der Waals surface area contributed by atoms with Crippen molar-refractivity contribution in [2.24, 2.45) is 0 Å². The predicted molar refractivity (Wildman–Crippen MR) is 134 cm³/mol. The SMILES string of the molecule is COc1ccc(NC(=O)CSc2nc3ccccc3n2CC(=O)Nc2ccc(OC)cc2)cc1. The highest BCUT2D eigenvalue weighted by Crippen LogP contribution is 2.25. The summed E-state index contributed by atoms with van der Waals surface area (Å²) < 4.78 is 12.1. The minimum atomic E-state index is -0.196. The van der Waals surface area contributed by atoms with Crippen LogP contribution in [0.1, 0.15) is 0 Å². The number of carbonyl (C=O) groups is 2. The Kier molecular flexibility index (Phi) is 7.34. The van der Waals surface area contributed by atoms with Gasteiger partial charge in [-0.2, -0.15) is 0 Å². The zero-order valence-corrected chi connectivity index (χ0v) is 19.6. The number of imidazole rings is 1. The van der Waals surface area contributed by atoms with Gasteiger partial charge >= 0.3 is 0 Å². The molecule has 0 atom stereocenters. The number of benzene rings is 3. The summed E-state index contributed by atoms with van der Waals surface area (Å²) in [6.45, 7) is 0.0645. The number of anilines is 2. The maximum Gasteiger partial charge on any atom is 0.244 e. The minimum absolute atomic E-state index is 0.0645. The third kappa shape index (κ3) is 5.68. The number of fused-ring (bicyclic) bond motifs is 1. The summed E-state index contributed by atoms with van der Waals surface area (Å²) in [4.78, 5) is 29.9. The maximum absolute atomic E-state index is 12.8. The van der Waals surface area contributed by atoms with E-state index in [0.29, 0.717) is 28.0 Å². The molecule has 0 aliphatic rings. The van der Waals surface area contributed by atoms with Crippen LogP contribution in [-0.2, 0) is 16.1 Å². The molecule has 0 aliphatic heterocycles. The van der Waals surface area contributed by atoms with Crippen LogP contribution in [0, 0.1) is 0 Å².